The smallest absolute Gasteiger partial charge is 0.241 e. The Hall–Kier alpha value is -1.40. The van der Waals surface area contributed by atoms with Crippen molar-refractivity contribution in [3.63, 3.8) is 0 Å². The van der Waals surface area contributed by atoms with Gasteiger partial charge in [0.2, 0.25) is 15.9 Å². The highest BCUT2D eigenvalue weighted by Crippen LogP contribution is 2.18. The zero-order valence-corrected chi connectivity index (χ0v) is 13.3. The maximum absolute atomic E-state index is 12.2. The van der Waals surface area contributed by atoms with Crippen molar-refractivity contribution < 1.29 is 13.2 Å². The van der Waals surface area contributed by atoms with Gasteiger partial charge in [-0.25, -0.2) is 13.1 Å². The maximum Gasteiger partial charge on any atom is 0.241 e. The van der Waals surface area contributed by atoms with Crippen molar-refractivity contribution in [1.82, 2.24) is 10.0 Å². The van der Waals surface area contributed by atoms with E-state index in [1.165, 1.54) is 0 Å². The van der Waals surface area contributed by atoms with Gasteiger partial charge in [0.05, 0.1) is 11.4 Å². The fraction of sp³-hybridized carbons (Fsp3) is 0.533. The summed E-state index contributed by atoms with van der Waals surface area (Å²) in [5.41, 5.74) is 1.68. The number of rotatable bonds is 5. The van der Waals surface area contributed by atoms with Gasteiger partial charge in [-0.1, -0.05) is 30.5 Å². The summed E-state index contributed by atoms with van der Waals surface area (Å²) in [5, 5.41) is 2.86. The van der Waals surface area contributed by atoms with Gasteiger partial charge in [0, 0.05) is 6.04 Å². The monoisotopic (exact) mass is 310 g/mol. The van der Waals surface area contributed by atoms with E-state index in [-0.39, 0.29) is 23.4 Å². The van der Waals surface area contributed by atoms with Crippen molar-refractivity contribution in [2.24, 2.45) is 0 Å². The lowest BCUT2D eigenvalue weighted by Crippen LogP contribution is -2.41. The standard InChI is InChI=1S/C15H22N2O3S/c1-11-7-8-14(12(2)9-11)21(19,20)16-10-15(18)17-13-5-3-4-6-13/h7-9,13,16H,3-6,10H2,1-2H3,(H,17,18). The van der Waals surface area contributed by atoms with Crippen molar-refractivity contribution in [1.29, 1.82) is 0 Å². The van der Waals surface area contributed by atoms with Gasteiger partial charge in [0.25, 0.3) is 0 Å². The minimum absolute atomic E-state index is 0.197. The summed E-state index contributed by atoms with van der Waals surface area (Å²) in [4.78, 5) is 12.0. The van der Waals surface area contributed by atoms with Crippen LogP contribution in [0.15, 0.2) is 23.1 Å². The molecule has 0 atom stereocenters. The molecule has 2 N–H and O–H groups in total. The second-order valence-electron chi connectivity index (χ2n) is 5.64. The fourth-order valence-electron chi connectivity index (χ4n) is 2.69. The molecule has 1 saturated carbocycles. The van der Waals surface area contributed by atoms with Gasteiger partial charge in [-0.2, -0.15) is 0 Å². The van der Waals surface area contributed by atoms with Crippen molar-refractivity contribution in [2.75, 3.05) is 6.54 Å². The molecule has 0 aromatic heterocycles. The van der Waals surface area contributed by atoms with Crippen LogP contribution in [0.1, 0.15) is 36.8 Å². The van der Waals surface area contributed by atoms with Gasteiger partial charge in [-0.05, 0) is 38.3 Å². The molecule has 0 aliphatic heterocycles. The lowest BCUT2D eigenvalue weighted by atomic mass is 10.2. The van der Waals surface area contributed by atoms with Gasteiger partial charge in [-0.3, -0.25) is 4.79 Å². The highest BCUT2D eigenvalue weighted by atomic mass is 32.2. The average molecular weight is 310 g/mol. The van der Waals surface area contributed by atoms with Crippen molar-refractivity contribution in [3.05, 3.63) is 29.3 Å². The van der Waals surface area contributed by atoms with E-state index in [4.69, 9.17) is 0 Å². The molecule has 1 aliphatic carbocycles. The fourth-order valence-corrected chi connectivity index (χ4v) is 3.89. The highest BCUT2D eigenvalue weighted by molar-refractivity contribution is 7.89. The zero-order valence-electron chi connectivity index (χ0n) is 12.5. The summed E-state index contributed by atoms with van der Waals surface area (Å²) in [6.45, 7) is 3.44. The minimum atomic E-state index is -3.65. The van der Waals surface area contributed by atoms with Crippen LogP contribution in [0.3, 0.4) is 0 Å². The van der Waals surface area contributed by atoms with Crippen molar-refractivity contribution in [3.8, 4) is 0 Å². The molecule has 0 saturated heterocycles. The molecule has 116 valence electrons. The van der Waals surface area contributed by atoms with E-state index in [0.29, 0.717) is 5.56 Å². The Morgan fingerprint density at radius 1 is 1.24 bits per heavy atom. The summed E-state index contributed by atoms with van der Waals surface area (Å²) in [5.74, 6) is -0.268. The third kappa shape index (κ3) is 4.28. The minimum Gasteiger partial charge on any atom is -0.352 e. The lowest BCUT2D eigenvalue weighted by molar-refractivity contribution is -0.120. The molecule has 1 aromatic carbocycles. The Morgan fingerprint density at radius 3 is 2.52 bits per heavy atom. The number of hydrogen-bond acceptors (Lipinski definition) is 3. The zero-order chi connectivity index (χ0) is 15.5. The van der Waals surface area contributed by atoms with Crippen LogP contribution in [0.25, 0.3) is 0 Å². The number of carbonyl (C=O) groups is 1. The molecule has 1 amide bonds. The summed E-state index contributed by atoms with van der Waals surface area (Å²) >= 11 is 0. The Morgan fingerprint density at radius 2 is 1.90 bits per heavy atom. The molecular weight excluding hydrogens is 288 g/mol. The first kappa shape index (κ1) is 16.0. The number of benzene rings is 1. The van der Waals surface area contributed by atoms with E-state index < -0.39 is 10.0 Å². The Labute approximate surface area is 126 Å². The van der Waals surface area contributed by atoms with E-state index in [1.54, 1.807) is 19.1 Å². The van der Waals surface area contributed by atoms with E-state index >= 15 is 0 Å². The van der Waals surface area contributed by atoms with Gasteiger partial charge in [-0.15, -0.1) is 0 Å². The second-order valence-corrected chi connectivity index (χ2v) is 7.38. The van der Waals surface area contributed by atoms with E-state index in [0.717, 1.165) is 31.2 Å². The molecule has 0 spiro atoms. The maximum atomic E-state index is 12.2. The largest absolute Gasteiger partial charge is 0.352 e. The van der Waals surface area contributed by atoms with Crippen LogP contribution >= 0.6 is 0 Å². The molecule has 1 fully saturated rings. The van der Waals surface area contributed by atoms with Crippen LogP contribution in [0, 0.1) is 13.8 Å². The summed E-state index contributed by atoms with van der Waals surface area (Å²) in [6.07, 6.45) is 4.21. The molecular formula is C15H22N2O3S. The third-order valence-electron chi connectivity index (χ3n) is 3.76. The van der Waals surface area contributed by atoms with Gasteiger partial charge in [0.15, 0.2) is 0 Å². The SMILES string of the molecule is Cc1ccc(S(=O)(=O)NCC(=O)NC2CCCC2)c(C)c1. The molecule has 1 aliphatic rings. The topological polar surface area (TPSA) is 75.3 Å². The van der Waals surface area contributed by atoms with Crippen molar-refractivity contribution in [2.45, 2.75) is 50.5 Å². The Kier molecular flexibility index (Phi) is 5.00. The molecule has 0 unspecified atom stereocenters. The summed E-state index contributed by atoms with van der Waals surface area (Å²) in [7, 11) is -3.65. The van der Waals surface area contributed by atoms with Gasteiger partial charge >= 0.3 is 0 Å². The first-order valence-corrected chi connectivity index (χ1v) is 8.73. The molecule has 0 bridgehead atoms. The number of aryl methyl sites for hydroxylation is 2. The van der Waals surface area contributed by atoms with Crippen LogP contribution in [0.4, 0.5) is 0 Å². The van der Waals surface area contributed by atoms with Crippen LogP contribution in [-0.2, 0) is 14.8 Å². The normalized spacial score (nSPS) is 16.1. The lowest BCUT2D eigenvalue weighted by Gasteiger charge is -2.13. The second kappa shape index (κ2) is 6.58. The highest BCUT2D eigenvalue weighted by Gasteiger charge is 2.20. The molecule has 6 heteroatoms. The molecule has 0 heterocycles. The predicted molar refractivity (Wildman–Crippen MR) is 81.5 cm³/mol. The van der Waals surface area contributed by atoms with E-state index in [9.17, 15) is 13.2 Å². The molecule has 5 nitrogen and oxygen atoms in total. The van der Waals surface area contributed by atoms with Crippen LogP contribution < -0.4 is 10.0 Å². The van der Waals surface area contributed by atoms with Crippen LogP contribution in [0.2, 0.25) is 0 Å². The molecule has 21 heavy (non-hydrogen) atoms. The molecule has 1 aromatic rings. The number of sulfonamides is 1. The van der Waals surface area contributed by atoms with Crippen LogP contribution in [0.5, 0.6) is 0 Å². The molecule has 0 radical (unpaired) electrons. The van der Waals surface area contributed by atoms with E-state index in [1.807, 2.05) is 13.0 Å². The number of nitrogens with one attached hydrogen (secondary N) is 2. The number of carbonyl (C=O) groups excluding carboxylic acids is 1. The first-order chi connectivity index (χ1) is 9.88. The van der Waals surface area contributed by atoms with Gasteiger partial charge in [0.1, 0.15) is 0 Å². The Balaban J connectivity index is 1.95. The van der Waals surface area contributed by atoms with Crippen molar-refractivity contribution >= 4 is 15.9 Å². The predicted octanol–water partition coefficient (Wildman–Crippen LogP) is 1.64. The first-order valence-electron chi connectivity index (χ1n) is 7.25. The Bertz CT molecular complexity index is 620. The number of amides is 1. The summed E-state index contributed by atoms with van der Waals surface area (Å²) in [6, 6.07) is 5.33. The van der Waals surface area contributed by atoms with Gasteiger partial charge < -0.3 is 5.32 Å². The quantitative estimate of drug-likeness (QED) is 0.868. The molecule has 2 rings (SSSR count). The summed E-state index contributed by atoms with van der Waals surface area (Å²) < 4.78 is 26.8. The average Bonchev–Trinajstić information content (AvgIpc) is 2.89. The third-order valence-corrected chi connectivity index (χ3v) is 5.32. The van der Waals surface area contributed by atoms with E-state index in [2.05, 4.69) is 10.0 Å². The number of hydrogen-bond donors (Lipinski definition) is 2. The van der Waals surface area contributed by atoms with Crippen LogP contribution in [-0.4, -0.2) is 26.9 Å².